The molecule has 0 saturated carbocycles. The normalized spacial score (nSPS) is 25.7. The van der Waals surface area contributed by atoms with Gasteiger partial charge in [-0.2, -0.15) is 0 Å². The molecular formula is C18H26N2O2. The van der Waals surface area contributed by atoms with E-state index in [0.29, 0.717) is 0 Å². The summed E-state index contributed by atoms with van der Waals surface area (Å²) in [4.78, 5) is 2.46. The Hall–Kier alpha value is -1.10. The Kier molecular flexibility index (Phi) is 4.07. The molecule has 1 aromatic rings. The Morgan fingerprint density at radius 1 is 0.955 bits per heavy atom. The zero-order valence-corrected chi connectivity index (χ0v) is 13.2. The lowest BCUT2D eigenvalue weighted by Crippen LogP contribution is -2.45. The number of nitrogens with one attached hydrogen (secondary N) is 1. The van der Waals surface area contributed by atoms with Crippen LogP contribution in [0, 0.1) is 0 Å². The zero-order valence-electron chi connectivity index (χ0n) is 13.2. The highest BCUT2D eigenvalue weighted by Gasteiger charge is 2.39. The first kappa shape index (κ1) is 14.5. The van der Waals surface area contributed by atoms with Crippen LogP contribution in [0.2, 0.25) is 0 Å². The molecule has 0 unspecified atom stereocenters. The molecule has 22 heavy (non-hydrogen) atoms. The number of benzene rings is 1. The van der Waals surface area contributed by atoms with Gasteiger partial charge in [-0.3, -0.25) is 0 Å². The molecule has 0 atom stereocenters. The third-order valence-corrected chi connectivity index (χ3v) is 5.41. The summed E-state index contributed by atoms with van der Waals surface area (Å²) in [6.45, 7) is 5.86. The molecule has 1 N–H and O–H groups in total. The monoisotopic (exact) mass is 302 g/mol. The van der Waals surface area contributed by atoms with Crippen molar-refractivity contribution in [2.24, 2.45) is 0 Å². The van der Waals surface area contributed by atoms with Crippen molar-refractivity contribution in [1.82, 2.24) is 5.32 Å². The maximum Gasteiger partial charge on any atom is 0.171 e. The van der Waals surface area contributed by atoms with Crippen LogP contribution in [0.3, 0.4) is 0 Å². The maximum absolute atomic E-state index is 5.81. The van der Waals surface area contributed by atoms with E-state index in [2.05, 4.69) is 34.5 Å². The molecular weight excluding hydrogens is 276 g/mol. The number of piperidine rings is 2. The number of nitrogens with zero attached hydrogens (tertiary/aromatic N) is 1. The van der Waals surface area contributed by atoms with Gasteiger partial charge in [-0.1, -0.05) is 12.1 Å². The molecule has 4 heteroatoms. The highest BCUT2D eigenvalue weighted by Crippen LogP contribution is 2.34. The second-order valence-electron chi connectivity index (χ2n) is 6.71. The Bertz CT molecular complexity index is 480. The summed E-state index contributed by atoms with van der Waals surface area (Å²) < 4.78 is 11.6. The predicted molar refractivity (Wildman–Crippen MR) is 87.4 cm³/mol. The molecule has 0 bridgehead atoms. The molecule has 1 spiro atoms. The van der Waals surface area contributed by atoms with E-state index < -0.39 is 0 Å². The third kappa shape index (κ3) is 2.87. The lowest BCUT2D eigenvalue weighted by Gasteiger charge is -2.38. The van der Waals surface area contributed by atoms with E-state index >= 15 is 0 Å². The first-order valence-electron chi connectivity index (χ1n) is 8.68. The van der Waals surface area contributed by atoms with E-state index in [1.807, 2.05) is 0 Å². The predicted octanol–water partition coefficient (Wildman–Crippen LogP) is 2.50. The van der Waals surface area contributed by atoms with Crippen LogP contribution in [0.25, 0.3) is 0 Å². The van der Waals surface area contributed by atoms with Gasteiger partial charge in [0.15, 0.2) is 5.79 Å². The summed E-state index contributed by atoms with van der Waals surface area (Å²) in [6.07, 6.45) is 4.48. The van der Waals surface area contributed by atoms with E-state index in [-0.39, 0.29) is 5.79 Å². The van der Waals surface area contributed by atoms with Crippen LogP contribution in [0.4, 0.5) is 5.69 Å². The molecule has 3 aliphatic heterocycles. The van der Waals surface area contributed by atoms with Crippen LogP contribution >= 0.6 is 0 Å². The highest BCUT2D eigenvalue weighted by atomic mass is 16.7. The average molecular weight is 302 g/mol. The number of ether oxygens (including phenoxy) is 2. The summed E-state index contributed by atoms with van der Waals surface area (Å²) in [5, 5.41) is 3.44. The minimum atomic E-state index is -0.272. The van der Waals surface area contributed by atoms with Gasteiger partial charge in [0.25, 0.3) is 0 Å². The minimum absolute atomic E-state index is 0.272. The fraction of sp³-hybridized carbons (Fsp3) is 0.667. The van der Waals surface area contributed by atoms with Crippen LogP contribution in [-0.2, 0) is 9.47 Å². The molecule has 0 aliphatic carbocycles. The van der Waals surface area contributed by atoms with Gasteiger partial charge in [-0.15, -0.1) is 0 Å². The van der Waals surface area contributed by atoms with Gasteiger partial charge in [0.1, 0.15) is 0 Å². The number of anilines is 1. The first-order chi connectivity index (χ1) is 10.8. The fourth-order valence-corrected chi connectivity index (χ4v) is 4.00. The lowest BCUT2D eigenvalue weighted by atomic mass is 9.90. The van der Waals surface area contributed by atoms with Crippen molar-refractivity contribution in [2.45, 2.75) is 37.4 Å². The zero-order chi connectivity index (χ0) is 14.8. The lowest BCUT2D eigenvalue weighted by molar-refractivity contribution is -0.169. The van der Waals surface area contributed by atoms with Crippen molar-refractivity contribution in [3.63, 3.8) is 0 Å². The largest absolute Gasteiger partial charge is 0.371 e. The van der Waals surface area contributed by atoms with Crippen LogP contribution < -0.4 is 10.2 Å². The fourth-order valence-electron chi connectivity index (χ4n) is 4.00. The second kappa shape index (κ2) is 6.19. The molecule has 4 rings (SSSR count). The summed E-state index contributed by atoms with van der Waals surface area (Å²) in [7, 11) is 0. The standard InChI is InChI=1S/C18H26N2O2/c1-3-17(4-2-15(1)16-5-9-19-10-6-16)20-11-7-18(8-12-20)21-13-14-22-18/h1-4,16,19H,5-14H2. The van der Waals surface area contributed by atoms with Gasteiger partial charge in [0, 0.05) is 31.6 Å². The van der Waals surface area contributed by atoms with Crippen molar-refractivity contribution < 1.29 is 9.47 Å². The van der Waals surface area contributed by atoms with Crippen molar-refractivity contribution in [2.75, 3.05) is 44.3 Å². The van der Waals surface area contributed by atoms with E-state index in [9.17, 15) is 0 Å². The summed E-state index contributed by atoms with van der Waals surface area (Å²) >= 11 is 0. The minimum Gasteiger partial charge on any atom is -0.371 e. The van der Waals surface area contributed by atoms with Crippen molar-refractivity contribution in [3.05, 3.63) is 29.8 Å². The number of hydrogen-bond acceptors (Lipinski definition) is 4. The maximum atomic E-state index is 5.81. The molecule has 3 saturated heterocycles. The summed E-state index contributed by atoms with van der Waals surface area (Å²) in [5.41, 5.74) is 2.84. The number of hydrogen-bond donors (Lipinski definition) is 1. The van der Waals surface area contributed by atoms with Gasteiger partial charge < -0.3 is 19.7 Å². The van der Waals surface area contributed by atoms with Crippen LogP contribution in [0.15, 0.2) is 24.3 Å². The highest BCUT2D eigenvalue weighted by molar-refractivity contribution is 5.48. The summed E-state index contributed by atoms with van der Waals surface area (Å²) in [6, 6.07) is 9.26. The molecule has 3 heterocycles. The first-order valence-corrected chi connectivity index (χ1v) is 8.68. The topological polar surface area (TPSA) is 33.7 Å². The molecule has 120 valence electrons. The van der Waals surface area contributed by atoms with Crippen LogP contribution in [-0.4, -0.2) is 45.2 Å². The van der Waals surface area contributed by atoms with Gasteiger partial charge in [0.2, 0.25) is 0 Å². The van der Waals surface area contributed by atoms with E-state index in [0.717, 1.165) is 58.2 Å². The SMILES string of the molecule is c1cc(N2CCC3(CC2)OCCO3)ccc1C1CCNCC1. The molecule has 3 fully saturated rings. The van der Waals surface area contributed by atoms with Gasteiger partial charge in [0.05, 0.1) is 13.2 Å². The van der Waals surface area contributed by atoms with Gasteiger partial charge in [-0.05, 0) is 49.5 Å². The van der Waals surface area contributed by atoms with Gasteiger partial charge >= 0.3 is 0 Å². The second-order valence-corrected chi connectivity index (χ2v) is 6.71. The molecule has 1 aromatic carbocycles. The molecule has 0 radical (unpaired) electrons. The molecule has 0 aromatic heterocycles. The van der Waals surface area contributed by atoms with Crippen molar-refractivity contribution in [3.8, 4) is 0 Å². The smallest absolute Gasteiger partial charge is 0.171 e. The Morgan fingerprint density at radius 3 is 2.23 bits per heavy atom. The summed E-state index contributed by atoms with van der Waals surface area (Å²) in [5.74, 6) is 0.464. The van der Waals surface area contributed by atoms with Crippen LogP contribution in [0.5, 0.6) is 0 Å². The average Bonchev–Trinajstić information content (AvgIpc) is 3.05. The third-order valence-electron chi connectivity index (χ3n) is 5.41. The van der Waals surface area contributed by atoms with Crippen molar-refractivity contribution in [1.29, 1.82) is 0 Å². The molecule has 4 nitrogen and oxygen atoms in total. The Labute approximate surface area is 132 Å². The molecule has 3 aliphatic rings. The van der Waals surface area contributed by atoms with E-state index in [1.54, 1.807) is 0 Å². The quantitative estimate of drug-likeness (QED) is 0.910. The van der Waals surface area contributed by atoms with Gasteiger partial charge in [-0.25, -0.2) is 0 Å². The molecule has 0 amide bonds. The number of rotatable bonds is 2. The van der Waals surface area contributed by atoms with E-state index in [1.165, 1.54) is 24.1 Å². The Morgan fingerprint density at radius 2 is 1.59 bits per heavy atom. The van der Waals surface area contributed by atoms with E-state index in [4.69, 9.17) is 9.47 Å². The van der Waals surface area contributed by atoms with Crippen LogP contribution in [0.1, 0.15) is 37.2 Å². The Balaban J connectivity index is 1.39. The van der Waals surface area contributed by atoms with Crippen molar-refractivity contribution >= 4 is 5.69 Å².